The zero-order valence-corrected chi connectivity index (χ0v) is 16.8. The fraction of sp³-hybridized carbons (Fsp3) is 0.429. The van der Waals surface area contributed by atoms with Crippen molar-refractivity contribution in [1.82, 2.24) is 4.57 Å². The van der Waals surface area contributed by atoms with Crippen LogP contribution in [-0.2, 0) is 16.0 Å². The van der Waals surface area contributed by atoms with Crippen LogP contribution in [0.4, 0.5) is 5.69 Å². The summed E-state index contributed by atoms with van der Waals surface area (Å²) in [5.74, 6) is -1.23. The van der Waals surface area contributed by atoms with Crippen molar-refractivity contribution in [2.24, 2.45) is 0 Å². The van der Waals surface area contributed by atoms with E-state index in [0.29, 0.717) is 17.7 Å². The van der Waals surface area contributed by atoms with Crippen molar-refractivity contribution in [1.29, 1.82) is 0 Å². The predicted molar refractivity (Wildman–Crippen MR) is 105 cm³/mol. The molecule has 3 rings (SSSR count). The van der Waals surface area contributed by atoms with Crippen molar-refractivity contribution >= 4 is 17.4 Å². The number of esters is 1. The average molecular weight is 400 g/mol. The van der Waals surface area contributed by atoms with Crippen LogP contribution in [0.1, 0.15) is 50.5 Å². The maximum absolute atomic E-state index is 12.6. The highest BCUT2D eigenvalue weighted by atomic mass is 16.6. The Labute approximate surface area is 168 Å². The second-order valence-electron chi connectivity index (χ2n) is 7.26. The lowest BCUT2D eigenvalue weighted by Gasteiger charge is -2.14. The number of nitrogens with zero attached hydrogens (tertiary/aromatic N) is 2. The lowest BCUT2D eigenvalue weighted by atomic mass is 10.1. The van der Waals surface area contributed by atoms with E-state index in [1.54, 1.807) is 25.1 Å². The van der Waals surface area contributed by atoms with Crippen molar-refractivity contribution in [2.75, 3.05) is 13.2 Å². The largest absolute Gasteiger partial charge is 0.454 e. The molecule has 0 amide bonds. The van der Waals surface area contributed by atoms with Gasteiger partial charge in [-0.15, -0.1) is 0 Å². The molecule has 29 heavy (non-hydrogen) atoms. The van der Waals surface area contributed by atoms with Crippen LogP contribution in [0.25, 0.3) is 0 Å². The molecule has 154 valence electrons. The number of aryl methyl sites for hydroxylation is 2. The molecule has 1 atom stereocenters. The first kappa shape index (κ1) is 20.7. The Morgan fingerprint density at radius 3 is 2.69 bits per heavy atom. The number of nitro groups is 1. The first-order valence-electron chi connectivity index (χ1n) is 9.52. The minimum absolute atomic E-state index is 0.141. The van der Waals surface area contributed by atoms with Gasteiger partial charge in [0.05, 0.1) is 11.0 Å². The summed E-state index contributed by atoms with van der Waals surface area (Å²) in [5.41, 5.74) is 2.09. The van der Waals surface area contributed by atoms with E-state index < -0.39 is 17.5 Å². The van der Waals surface area contributed by atoms with Crippen LogP contribution in [0.15, 0.2) is 24.3 Å². The lowest BCUT2D eigenvalue weighted by Crippen LogP contribution is -2.18. The smallest absolute Gasteiger partial charge is 0.345 e. The van der Waals surface area contributed by atoms with Crippen LogP contribution in [0.2, 0.25) is 0 Å². The highest BCUT2D eigenvalue weighted by Crippen LogP contribution is 2.24. The summed E-state index contributed by atoms with van der Waals surface area (Å²) >= 11 is 0. The quantitative estimate of drug-likeness (QED) is 0.305. The monoisotopic (exact) mass is 400 g/mol. The topological polar surface area (TPSA) is 101 Å². The SMILES string of the molecule is Cc1cccc(C(=O)OCC(=O)c2cc(C)n(CC3CCCO3)c2C)c1[N+](=O)[O-]. The number of carbonyl (C=O) groups excluding carboxylic acids is 2. The van der Waals surface area contributed by atoms with Gasteiger partial charge in [0, 0.05) is 35.7 Å². The molecule has 0 N–H and O–H groups in total. The number of ketones is 1. The molecule has 8 nitrogen and oxygen atoms in total. The van der Waals surface area contributed by atoms with Crippen LogP contribution in [0.3, 0.4) is 0 Å². The van der Waals surface area contributed by atoms with Gasteiger partial charge in [0.25, 0.3) is 5.69 Å². The summed E-state index contributed by atoms with van der Waals surface area (Å²) in [6.45, 7) is 6.28. The molecule has 0 spiro atoms. The molecule has 1 aromatic carbocycles. The second kappa shape index (κ2) is 8.57. The second-order valence-corrected chi connectivity index (χ2v) is 7.26. The van der Waals surface area contributed by atoms with Crippen LogP contribution in [0, 0.1) is 30.9 Å². The van der Waals surface area contributed by atoms with E-state index in [0.717, 1.165) is 30.8 Å². The number of rotatable bonds is 7. The molecular formula is C21H24N2O6. The molecule has 0 saturated carbocycles. The summed E-state index contributed by atoms with van der Waals surface area (Å²) in [6, 6.07) is 6.18. The van der Waals surface area contributed by atoms with Gasteiger partial charge in [-0.1, -0.05) is 12.1 Å². The summed E-state index contributed by atoms with van der Waals surface area (Å²) in [6.07, 6.45) is 2.17. The fourth-order valence-corrected chi connectivity index (χ4v) is 3.71. The van der Waals surface area contributed by atoms with Gasteiger partial charge in [-0.05, 0) is 45.7 Å². The van der Waals surface area contributed by atoms with Crippen molar-refractivity contribution in [2.45, 2.75) is 46.3 Å². The summed E-state index contributed by atoms with van der Waals surface area (Å²) in [4.78, 5) is 35.6. The number of benzene rings is 1. The van der Waals surface area contributed by atoms with Gasteiger partial charge in [-0.2, -0.15) is 0 Å². The van der Waals surface area contributed by atoms with Gasteiger partial charge in [0.2, 0.25) is 5.78 Å². The van der Waals surface area contributed by atoms with Crippen molar-refractivity contribution in [3.8, 4) is 0 Å². The number of para-hydroxylation sites is 1. The number of ether oxygens (including phenoxy) is 2. The maximum atomic E-state index is 12.6. The molecule has 1 unspecified atom stereocenters. The molecular weight excluding hydrogens is 376 g/mol. The van der Waals surface area contributed by atoms with Gasteiger partial charge in [-0.3, -0.25) is 14.9 Å². The Hall–Kier alpha value is -3.00. The number of hydrogen-bond donors (Lipinski definition) is 0. The molecule has 8 heteroatoms. The molecule has 1 aliphatic heterocycles. The normalized spacial score (nSPS) is 16.0. The first-order valence-corrected chi connectivity index (χ1v) is 9.52. The Morgan fingerprint density at radius 1 is 1.28 bits per heavy atom. The third kappa shape index (κ3) is 4.37. The standard InChI is InChI=1S/C21H24N2O6/c1-13-6-4-8-17(20(13)23(26)27)21(25)29-12-19(24)18-10-14(2)22(15(18)3)11-16-7-5-9-28-16/h4,6,8,10,16H,5,7,9,11-12H2,1-3H3. The molecule has 2 aromatic rings. The highest BCUT2D eigenvalue weighted by Gasteiger charge is 2.25. The minimum Gasteiger partial charge on any atom is -0.454 e. The average Bonchev–Trinajstić information content (AvgIpc) is 3.29. The van der Waals surface area contributed by atoms with Crippen LogP contribution in [0.5, 0.6) is 0 Å². The molecule has 0 aliphatic carbocycles. The molecule has 1 aliphatic rings. The summed E-state index contributed by atoms with van der Waals surface area (Å²) in [5, 5.41) is 11.3. The molecule has 2 heterocycles. The summed E-state index contributed by atoms with van der Waals surface area (Å²) < 4.78 is 12.8. The van der Waals surface area contributed by atoms with E-state index in [-0.39, 0.29) is 23.1 Å². The highest BCUT2D eigenvalue weighted by molar-refractivity contribution is 6.01. The fourth-order valence-electron chi connectivity index (χ4n) is 3.71. The number of carbonyl (C=O) groups is 2. The minimum atomic E-state index is -0.887. The van der Waals surface area contributed by atoms with Crippen LogP contribution in [-0.4, -0.2) is 40.6 Å². The van der Waals surface area contributed by atoms with E-state index in [2.05, 4.69) is 0 Å². The number of nitro benzene ring substituents is 1. The van der Waals surface area contributed by atoms with E-state index >= 15 is 0 Å². The zero-order valence-electron chi connectivity index (χ0n) is 16.8. The molecule has 1 fully saturated rings. The van der Waals surface area contributed by atoms with E-state index in [9.17, 15) is 19.7 Å². The molecule has 0 radical (unpaired) electrons. The Balaban J connectivity index is 1.71. The van der Waals surface area contributed by atoms with Gasteiger partial charge in [-0.25, -0.2) is 4.79 Å². The lowest BCUT2D eigenvalue weighted by molar-refractivity contribution is -0.385. The van der Waals surface area contributed by atoms with Crippen molar-refractivity contribution in [3.05, 3.63) is 62.5 Å². The summed E-state index contributed by atoms with van der Waals surface area (Å²) in [7, 11) is 0. The van der Waals surface area contributed by atoms with Crippen LogP contribution < -0.4 is 0 Å². The maximum Gasteiger partial charge on any atom is 0.345 e. The van der Waals surface area contributed by atoms with E-state index in [1.807, 2.05) is 18.4 Å². The Kier molecular flexibility index (Phi) is 6.12. The molecule has 1 aromatic heterocycles. The van der Waals surface area contributed by atoms with Crippen molar-refractivity contribution in [3.63, 3.8) is 0 Å². The zero-order chi connectivity index (χ0) is 21.1. The Bertz CT molecular complexity index is 956. The van der Waals surface area contributed by atoms with Gasteiger partial charge in [0.15, 0.2) is 6.61 Å². The third-order valence-corrected chi connectivity index (χ3v) is 5.26. The first-order chi connectivity index (χ1) is 13.8. The van der Waals surface area contributed by atoms with Crippen LogP contribution >= 0.6 is 0 Å². The predicted octanol–water partition coefficient (Wildman–Crippen LogP) is 3.54. The number of aromatic nitrogens is 1. The number of Topliss-reactive ketones (excluding diaryl/α,β-unsaturated/α-hetero) is 1. The van der Waals surface area contributed by atoms with Gasteiger partial charge >= 0.3 is 5.97 Å². The molecule has 0 bridgehead atoms. The Morgan fingerprint density at radius 2 is 2.03 bits per heavy atom. The number of hydrogen-bond acceptors (Lipinski definition) is 6. The third-order valence-electron chi connectivity index (χ3n) is 5.26. The van der Waals surface area contributed by atoms with E-state index in [1.165, 1.54) is 6.07 Å². The molecule has 1 saturated heterocycles. The van der Waals surface area contributed by atoms with E-state index in [4.69, 9.17) is 9.47 Å². The van der Waals surface area contributed by atoms with Crippen molar-refractivity contribution < 1.29 is 24.0 Å². The van der Waals surface area contributed by atoms with Gasteiger partial charge in [0.1, 0.15) is 5.56 Å². The van der Waals surface area contributed by atoms with Gasteiger partial charge < -0.3 is 14.0 Å².